The largest absolute Gasteiger partial charge is 0.482 e. The lowest BCUT2D eigenvalue weighted by Gasteiger charge is -2.18. The Kier molecular flexibility index (Phi) is 6.21. The highest BCUT2D eigenvalue weighted by molar-refractivity contribution is 6.05. The molecule has 2 heterocycles. The zero-order valence-electron chi connectivity index (χ0n) is 18.3. The molecule has 1 aliphatic rings. The van der Waals surface area contributed by atoms with Crippen molar-refractivity contribution in [3.8, 4) is 5.75 Å². The van der Waals surface area contributed by atoms with Gasteiger partial charge in [-0.25, -0.2) is 9.48 Å². The fourth-order valence-electron chi connectivity index (χ4n) is 3.46. The number of fused-ring (bicyclic) bond motifs is 2. The second-order valence-corrected chi connectivity index (χ2v) is 8.15. The number of nitrogens with one attached hydrogen (secondary N) is 1. The number of aryl methyl sites for hydroxylation is 1. The lowest BCUT2D eigenvalue weighted by atomic mass is 10.1. The molecule has 1 aliphatic heterocycles. The first-order valence-electron chi connectivity index (χ1n) is 10.6. The molecule has 0 spiro atoms. The maximum Gasteiger partial charge on any atom is 0.359 e. The van der Waals surface area contributed by atoms with Crippen LogP contribution in [-0.4, -0.2) is 40.7 Å². The minimum atomic E-state index is -0.799. The first-order valence-corrected chi connectivity index (χ1v) is 10.6. The Bertz CT molecular complexity index is 1310. The first-order chi connectivity index (χ1) is 15.8. The van der Waals surface area contributed by atoms with Crippen LogP contribution in [-0.2, 0) is 16.1 Å². The van der Waals surface area contributed by atoms with Gasteiger partial charge in [0.1, 0.15) is 5.75 Å². The van der Waals surface area contributed by atoms with E-state index in [2.05, 4.69) is 10.4 Å². The molecule has 0 saturated heterocycles. The van der Waals surface area contributed by atoms with E-state index >= 15 is 0 Å². The molecular weight excluding hydrogens is 426 g/mol. The molecule has 33 heavy (non-hydrogen) atoms. The molecule has 3 aromatic rings. The molecule has 9 heteroatoms. The van der Waals surface area contributed by atoms with Crippen LogP contribution in [0.2, 0.25) is 0 Å². The number of hydrogen-bond donors (Lipinski definition) is 1. The molecule has 0 atom stereocenters. The number of carbonyl (C=O) groups excluding carboxylic acids is 3. The number of ether oxygens (including phenoxy) is 2. The van der Waals surface area contributed by atoms with Gasteiger partial charge in [0.25, 0.3) is 11.5 Å². The van der Waals surface area contributed by atoms with E-state index < -0.39 is 18.4 Å². The second-order valence-electron chi connectivity index (χ2n) is 8.15. The zero-order chi connectivity index (χ0) is 23.5. The summed E-state index contributed by atoms with van der Waals surface area (Å²) >= 11 is 0. The van der Waals surface area contributed by atoms with E-state index in [1.807, 2.05) is 13.8 Å². The van der Waals surface area contributed by atoms with Crippen molar-refractivity contribution in [3.05, 3.63) is 64.1 Å². The Morgan fingerprint density at radius 1 is 1.15 bits per heavy atom. The van der Waals surface area contributed by atoms with Crippen LogP contribution in [0.25, 0.3) is 10.8 Å². The van der Waals surface area contributed by atoms with E-state index in [1.54, 1.807) is 30.3 Å². The van der Waals surface area contributed by atoms with Crippen LogP contribution in [0.5, 0.6) is 5.75 Å². The number of rotatable bonds is 7. The number of anilines is 1. The van der Waals surface area contributed by atoms with Crippen LogP contribution >= 0.6 is 0 Å². The van der Waals surface area contributed by atoms with Gasteiger partial charge in [-0.3, -0.25) is 14.4 Å². The fraction of sp³-hybridized carbons (Fsp3) is 0.292. The summed E-state index contributed by atoms with van der Waals surface area (Å²) in [6, 6.07) is 11.3. The van der Waals surface area contributed by atoms with Crippen molar-refractivity contribution in [1.29, 1.82) is 0 Å². The maximum absolute atomic E-state index is 12.8. The van der Waals surface area contributed by atoms with Crippen molar-refractivity contribution in [2.75, 3.05) is 18.5 Å². The number of Topliss-reactive ketones (excluding diaryl/α,β-unsaturated/α-hetero) is 1. The molecule has 170 valence electrons. The smallest absolute Gasteiger partial charge is 0.359 e. The highest BCUT2D eigenvalue weighted by Crippen LogP contribution is 2.28. The summed E-state index contributed by atoms with van der Waals surface area (Å²) in [6.07, 6.45) is 0.719. The Balaban J connectivity index is 1.55. The quantitative estimate of drug-likeness (QED) is 0.435. The first kappa shape index (κ1) is 22.2. The van der Waals surface area contributed by atoms with Crippen molar-refractivity contribution in [2.24, 2.45) is 5.92 Å². The number of carbonyl (C=O) groups is 3. The predicted molar refractivity (Wildman–Crippen MR) is 121 cm³/mol. The van der Waals surface area contributed by atoms with E-state index in [4.69, 9.17) is 9.47 Å². The minimum Gasteiger partial charge on any atom is -0.482 e. The van der Waals surface area contributed by atoms with E-state index in [1.165, 1.54) is 16.8 Å². The van der Waals surface area contributed by atoms with Gasteiger partial charge in [0.05, 0.1) is 11.1 Å². The Hall–Kier alpha value is -4.01. The topological polar surface area (TPSA) is 117 Å². The lowest BCUT2D eigenvalue weighted by Crippen LogP contribution is -2.27. The standard InChI is InChI=1S/C24H23N3O6/c1-14(2)9-10-27-23(30)17-6-4-3-5-16(17)22(26-27)24(31)33-12-19(28)15-7-8-20-18(11-15)25-21(29)13-32-20/h3-8,11,14H,9-10,12-13H2,1-2H3,(H,25,29). The summed E-state index contributed by atoms with van der Waals surface area (Å²) in [5.74, 6) is -0.757. The van der Waals surface area contributed by atoms with Gasteiger partial charge in [0, 0.05) is 17.5 Å². The van der Waals surface area contributed by atoms with Gasteiger partial charge in [-0.15, -0.1) is 0 Å². The van der Waals surface area contributed by atoms with Gasteiger partial charge in [0.15, 0.2) is 24.7 Å². The van der Waals surface area contributed by atoms with Crippen molar-refractivity contribution in [1.82, 2.24) is 9.78 Å². The summed E-state index contributed by atoms with van der Waals surface area (Å²) in [5.41, 5.74) is 0.338. The van der Waals surface area contributed by atoms with Crippen LogP contribution in [0.4, 0.5) is 5.69 Å². The molecule has 0 fully saturated rings. The van der Waals surface area contributed by atoms with Crippen LogP contribution in [0.1, 0.15) is 41.1 Å². The summed E-state index contributed by atoms with van der Waals surface area (Å²) in [6.45, 7) is 3.82. The molecule has 4 rings (SSSR count). The molecule has 0 saturated carbocycles. The Morgan fingerprint density at radius 3 is 2.67 bits per heavy atom. The van der Waals surface area contributed by atoms with Gasteiger partial charge in [-0.1, -0.05) is 32.0 Å². The third-order valence-corrected chi connectivity index (χ3v) is 5.25. The SMILES string of the molecule is CC(C)CCn1nc(C(=O)OCC(=O)c2ccc3c(c2)NC(=O)CO3)c2ccccc2c1=O. The van der Waals surface area contributed by atoms with Crippen LogP contribution in [0.3, 0.4) is 0 Å². The zero-order valence-corrected chi connectivity index (χ0v) is 18.3. The number of ketones is 1. The third-order valence-electron chi connectivity index (χ3n) is 5.25. The molecular formula is C24H23N3O6. The Labute approximate surface area is 189 Å². The summed E-state index contributed by atoms with van der Waals surface area (Å²) in [4.78, 5) is 49.7. The molecule has 9 nitrogen and oxygen atoms in total. The number of hydrogen-bond acceptors (Lipinski definition) is 7. The highest BCUT2D eigenvalue weighted by Gasteiger charge is 2.21. The molecule has 1 N–H and O–H groups in total. The van der Waals surface area contributed by atoms with Crippen molar-refractivity contribution in [3.63, 3.8) is 0 Å². The molecule has 0 bridgehead atoms. The van der Waals surface area contributed by atoms with Gasteiger partial charge in [-0.05, 0) is 36.6 Å². The minimum absolute atomic E-state index is 0.0205. The average Bonchev–Trinajstić information content (AvgIpc) is 2.81. The summed E-state index contributed by atoms with van der Waals surface area (Å²) < 4.78 is 11.8. The number of aromatic nitrogens is 2. The van der Waals surface area contributed by atoms with Crippen LogP contribution in [0.15, 0.2) is 47.3 Å². The van der Waals surface area contributed by atoms with Crippen molar-refractivity contribution in [2.45, 2.75) is 26.8 Å². The molecule has 0 radical (unpaired) electrons. The molecule has 1 amide bonds. The van der Waals surface area contributed by atoms with E-state index in [9.17, 15) is 19.2 Å². The molecule has 0 unspecified atom stereocenters. The van der Waals surface area contributed by atoms with E-state index in [0.29, 0.717) is 34.7 Å². The lowest BCUT2D eigenvalue weighted by molar-refractivity contribution is -0.118. The van der Waals surface area contributed by atoms with Crippen LogP contribution in [0, 0.1) is 5.92 Å². The van der Waals surface area contributed by atoms with Gasteiger partial charge in [-0.2, -0.15) is 5.10 Å². The summed E-state index contributed by atoms with van der Waals surface area (Å²) in [7, 11) is 0. The Morgan fingerprint density at radius 2 is 1.91 bits per heavy atom. The molecule has 1 aromatic heterocycles. The fourth-order valence-corrected chi connectivity index (χ4v) is 3.46. The number of nitrogens with zero attached hydrogens (tertiary/aromatic N) is 2. The van der Waals surface area contributed by atoms with Crippen molar-refractivity contribution >= 4 is 34.1 Å². The molecule has 0 aliphatic carbocycles. The second kappa shape index (κ2) is 9.23. The highest BCUT2D eigenvalue weighted by atomic mass is 16.5. The third kappa shape index (κ3) is 4.77. The summed E-state index contributed by atoms with van der Waals surface area (Å²) in [5, 5.41) is 7.61. The molecule has 2 aromatic carbocycles. The predicted octanol–water partition coefficient (Wildman–Crippen LogP) is 2.81. The number of benzene rings is 2. The number of esters is 1. The van der Waals surface area contributed by atoms with Gasteiger partial charge in [0.2, 0.25) is 0 Å². The van der Waals surface area contributed by atoms with Crippen LogP contribution < -0.4 is 15.6 Å². The van der Waals surface area contributed by atoms with Crippen molar-refractivity contribution < 1.29 is 23.9 Å². The van der Waals surface area contributed by atoms with Gasteiger partial charge < -0.3 is 14.8 Å². The number of amides is 1. The van der Waals surface area contributed by atoms with E-state index in [-0.39, 0.29) is 29.3 Å². The van der Waals surface area contributed by atoms with E-state index in [0.717, 1.165) is 6.42 Å². The normalized spacial score (nSPS) is 12.8. The monoisotopic (exact) mass is 449 g/mol. The van der Waals surface area contributed by atoms with Gasteiger partial charge >= 0.3 is 5.97 Å². The maximum atomic E-state index is 12.8. The average molecular weight is 449 g/mol.